The zero-order valence-corrected chi connectivity index (χ0v) is 14.3. The fourth-order valence-electron chi connectivity index (χ4n) is 3.17. The molecule has 1 aromatic rings. The van der Waals surface area contributed by atoms with Gasteiger partial charge in [-0.25, -0.2) is 0 Å². The molecular weight excluding hydrogens is 282 g/mol. The van der Waals surface area contributed by atoms with E-state index in [9.17, 15) is 5.11 Å². The van der Waals surface area contributed by atoms with Crippen LogP contribution in [0.3, 0.4) is 0 Å². The van der Waals surface area contributed by atoms with Gasteiger partial charge < -0.3 is 10.8 Å². The lowest BCUT2D eigenvalue weighted by Crippen LogP contribution is -2.34. The molecule has 120 valence electrons. The highest BCUT2D eigenvalue weighted by molar-refractivity contribution is 5.85. The SMILES string of the molecule is CC(C)(C)c1ccc([C@@H](N)[C@@H](O)C2CCCCC2)cc1.Cl. The standard InChI is InChI=1S/C18H29NO.ClH/c1-18(2,3)15-11-9-13(10-12-15)16(19)17(20)14-7-5-4-6-8-14;/h9-12,14,16-17,20H,4-8,19H2,1-3H3;1H/t16-,17+;/m1./s1. The molecule has 1 fully saturated rings. The van der Waals surface area contributed by atoms with E-state index in [4.69, 9.17) is 5.73 Å². The molecule has 2 rings (SSSR count). The van der Waals surface area contributed by atoms with Gasteiger partial charge in [-0.15, -0.1) is 12.4 Å². The van der Waals surface area contributed by atoms with E-state index in [-0.39, 0.29) is 23.9 Å². The second-order valence-corrected chi connectivity index (χ2v) is 7.29. The van der Waals surface area contributed by atoms with Gasteiger partial charge in [0.1, 0.15) is 0 Å². The van der Waals surface area contributed by atoms with Crippen LogP contribution in [0.25, 0.3) is 0 Å². The zero-order chi connectivity index (χ0) is 14.8. The van der Waals surface area contributed by atoms with Crippen LogP contribution in [0.15, 0.2) is 24.3 Å². The Morgan fingerprint density at radius 2 is 1.57 bits per heavy atom. The van der Waals surface area contributed by atoms with Gasteiger partial charge >= 0.3 is 0 Å². The summed E-state index contributed by atoms with van der Waals surface area (Å²) in [6.07, 6.45) is 5.60. The predicted octanol–water partition coefficient (Wildman–Crippen LogP) is 4.35. The highest BCUT2D eigenvalue weighted by Gasteiger charge is 2.27. The van der Waals surface area contributed by atoms with E-state index < -0.39 is 6.10 Å². The molecule has 2 atom stereocenters. The van der Waals surface area contributed by atoms with Gasteiger partial charge in [0.25, 0.3) is 0 Å². The summed E-state index contributed by atoms with van der Waals surface area (Å²) in [5.41, 5.74) is 8.79. The summed E-state index contributed by atoms with van der Waals surface area (Å²) < 4.78 is 0. The average molecular weight is 312 g/mol. The number of aliphatic hydroxyl groups excluding tert-OH is 1. The van der Waals surface area contributed by atoms with Crippen LogP contribution in [-0.4, -0.2) is 11.2 Å². The Morgan fingerprint density at radius 1 is 1.05 bits per heavy atom. The van der Waals surface area contributed by atoms with Crippen molar-refractivity contribution in [3.8, 4) is 0 Å². The molecule has 0 saturated heterocycles. The van der Waals surface area contributed by atoms with Crippen LogP contribution in [0.2, 0.25) is 0 Å². The lowest BCUT2D eigenvalue weighted by Gasteiger charge is -2.31. The van der Waals surface area contributed by atoms with Gasteiger partial charge in [-0.3, -0.25) is 0 Å². The fraction of sp³-hybridized carbons (Fsp3) is 0.667. The van der Waals surface area contributed by atoms with Crippen molar-refractivity contribution in [2.75, 3.05) is 0 Å². The minimum atomic E-state index is -0.407. The molecule has 0 aliphatic heterocycles. The molecule has 0 bridgehead atoms. The highest BCUT2D eigenvalue weighted by Crippen LogP contribution is 2.32. The summed E-state index contributed by atoms with van der Waals surface area (Å²) in [5, 5.41) is 10.5. The minimum absolute atomic E-state index is 0. The van der Waals surface area contributed by atoms with Crippen LogP contribution in [0.1, 0.15) is 70.0 Å². The average Bonchev–Trinajstić information content (AvgIpc) is 2.46. The highest BCUT2D eigenvalue weighted by atomic mass is 35.5. The summed E-state index contributed by atoms with van der Waals surface area (Å²) in [5.74, 6) is 0.376. The second-order valence-electron chi connectivity index (χ2n) is 7.29. The van der Waals surface area contributed by atoms with Crippen LogP contribution in [0.5, 0.6) is 0 Å². The lowest BCUT2D eigenvalue weighted by atomic mass is 9.80. The first-order valence-corrected chi connectivity index (χ1v) is 7.93. The van der Waals surface area contributed by atoms with Crippen molar-refractivity contribution in [1.29, 1.82) is 0 Å². The van der Waals surface area contributed by atoms with Crippen LogP contribution < -0.4 is 5.73 Å². The molecule has 1 saturated carbocycles. The van der Waals surface area contributed by atoms with Gasteiger partial charge in [-0.2, -0.15) is 0 Å². The summed E-state index contributed by atoms with van der Waals surface area (Å²) >= 11 is 0. The molecule has 1 aliphatic carbocycles. The van der Waals surface area contributed by atoms with Gasteiger partial charge in [0, 0.05) is 0 Å². The molecule has 2 nitrogen and oxygen atoms in total. The van der Waals surface area contributed by atoms with E-state index in [1.807, 2.05) is 0 Å². The molecular formula is C18H30ClNO. The van der Waals surface area contributed by atoms with E-state index in [0.29, 0.717) is 5.92 Å². The summed E-state index contributed by atoms with van der Waals surface area (Å²) in [6.45, 7) is 6.62. The Kier molecular flexibility index (Phi) is 6.71. The van der Waals surface area contributed by atoms with E-state index in [1.54, 1.807) is 0 Å². The van der Waals surface area contributed by atoms with Gasteiger partial charge in [0.15, 0.2) is 0 Å². The van der Waals surface area contributed by atoms with Crippen molar-refractivity contribution in [1.82, 2.24) is 0 Å². The van der Waals surface area contributed by atoms with Crippen LogP contribution >= 0.6 is 12.4 Å². The molecule has 0 amide bonds. The Balaban J connectivity index is 0.00000220. The molecule has 0 unspecified atom stereocenters. The molecule has 21 heavy (non-hydrogen) atoms. The Morgan fingerprint density at radius 3 is 2.05 bits per heavy atom. The molecule has 0 heterocycles. The maximum absolute atomic E-state index is 10.5. The number of hydrogen-bond donors (Lipinski definition) is 2. The van der Waals surface area contributed by atoms with Crippen molar-refractivity contribution in [3.63, 3.8) is 0 Å². The third-order valence-electron chi connectivity index (χ3n) is 4.66. The predicted molar refractivity (Wildman–Crippen MR) is 91.9 cm³/mol. The van der Waals surface area contributed by atoms with E-state index >= 15 is 0 Å². The smallest absolute Gasteiger partial charge is 0.0760 e. The maximum Gasteiger partial charge on any atom is 0.0760 e. The first-order chi connectivity index (χ1) is 9.39. The first kappa shape index (κ1) is 18.5. The van der Waals surface area contributed by atoms with Gasteiger partial charge in [-0.05, 0) is 35.3 Å². The fourth-order valence-corrected chi connectivity index (χ4v) is 3.17. The van der Waals surface area contributed by atoms with Crippen molar-refractivity contribution >= 4 is 12.4 Å². The topological polar surface area (TPSA) is 46.2 Å². The van der Waals surface area contributed by atoms with Gasteiger partial charge in [0.2, 0.25) is 0 Å². The van der Waals surface area contributed by atoms with Crippen molar-refractivity contribution in [3.05, 3.63) is 35.4 Å². The number of rotatable bonds is 3. The summed E-state index contributed by atoms with van der Waals surface area (Å²) in [7, 11) is 0. The maximum atomic E-state index is 10.5. The number of nitrogens with two attached hydrogens (primary N) is 1. The normalized spacial score (nSPS) is 19.7. The van der Waals surface area contributed by atoms with Crippen molar-refractivity contribution in [2.45, 2.75) is 70.4 Å². The number of aliphatic hydroxyl groups is 1. The molecule has 0 aromatic heterocycles. The Bertz CT molecular complexity index is 418. The number of halogens is 1. The summed E-state index contributed by atoms with van der Waals surface area (Å²) in [4.78, 5) is 0. The number of hydrogen-bond acceptors (Lipinski definition) is 2. The van der Waals surface area contributed by atoms with Gasteiger partial charge in [-0.1, -0.05) is 64.3 Å². The Labute approximate surface area is 135 Å². The number of benzene rings is 1. The van der Waals surface area contributed by atoms with E-state index in [0.717, 1.165) is 18.4 Å². The second kappa shape index (κ2) is 7.62. The molecule has 1 aromatic carbocycles. The molecule has 0 radical (unpaired) electrons. The zero-order valence-electron chi connectivity index (χ0n) is 13.5. The molecule has 0 spiro atoms. The largest absolute Gasteiger partial charge is 0.391 e. The van der Waals surface area contributed by atoms with Crippen molar-refractivity contribution < 1.29 is 5.11 Å². The van der Waals surface area contributed by atoms with Crippen molar-refractivity contribution in [2.24, 2.45) is 11.7 Å². The third-order valence-corrected chi connectivity index (χ3v) is 4.66. The first-order valence-electron chi connectivity index (χ1n) is 7.93. The van der Waals surface area contributed by atoms with E-state index in [1.165, 1.54) is 24.8 Å². The summed E-state index contributed by atoms with van der Waals surface area (Å²) in [6, 6.07) is 8.19. The molecule has 3 heteroatoms. The lowest BCUT2D eigenvalue weighted by molar-refractivity contribution is 0.0618. The monoisotopic (exact) mass is 311 g/mol. The van der Waals surface area contributed by atoms with Crippen LogP contribution in [-0.2, 0) is 5.41 Å². The Hall–Kier alpha value is -0.570. The van der Waals surface area contributed by atoms with Gasteiger partial charge in [0.05, 0.1) is 12.1 Å². The third kappa shape index (κ3) is 4.70. The minimum Gasteiger partial charge on any atom is -0.391 e. The quantitative estimate of drug-likeness (QED) is 0.872. The van der Waals surface area contributed by atoms with E-state index in [2.05, 4.69) is 45.0 Å². The van der Waals surface area contributed by atoms with Crippen LogP contribution in [0, 0.1) is 5.92 Å². The molecule has 1 aliphatic rings. The molecule has 3 N–H and O–H groups in total. The van der Waals surface area contributed by atoms with Crippen LogP contribution in [0.4, 0.5) is 0 Å².